The number of nitrogens with one attached hydrogen (secondary N) is 2. The van der Waals surface area contributed by atoms with Crippen LogP contribution in [0.4, 0.5) is 24.8 Å². The highest BCUT2D eigenvalue weighted by Gasteiger charge is 2.32. The molecule has 8 nitrogen and oxygen atoms in total. The van der Waals surface area contributed by atoms with Crippen LogP contribution in [-0.2, 0) is 5.41 Å². The number of hydrogen-bond donors (Lipinski definition) is 3. The average Bonchev–Trinajstić information content (AvgIpc) is 2.85. The first kappa shape index (κ1) is 25.7. The Hall–Kier alpha value is -3.89. The van der Waals surface area contributed by atoms with Gasteiger partial charge in [0.2, 0.25) is 0 Å². The van der Waals surface area contributed by atoms with E-state index in [9.17, 15) is 18.0 Å². The first-order valence-electron chi connectivity index (χ1n) is 10.9. The predicted octanol–water partition coefficient (Wildman–Crippen LogP) is 4.20. The monoisotopic (exact) mass is 488 g/mol. The molecular weight excluding hydrogens is 461 g/mol. The number of alkyl halides is 3. The Balaban J connectivity index is 1.88. The summed E-state index contributed by atoms with van der Waals surface area (Å²) < 4.78 is 43.9. The van der Waals surface area contributed by atoms with E-state index in [1.54, 1.807) is 36.5 Å². The van der Waals surface area contributed by atoms with Gasteiger partial charge in [0.05, 0.1) is 5.69 Å². The number of amides is 1. The van der Waals surface area contributed by atoms with E-state index in [2.05, 4.69) is 25.6 Å². The van der Waals surface area contributed by atoms with Crippen molar-refractivity contribution >= 4 is 17.5 Å². The largest absolute Gasteiger partial charge is 0.484 e. The van der Waals surface area contributed by atoms with Crippen LogP contribution in [0.1, 0.15) is 36.2 Å². The number of nitrogens with two attached hydrogens (primary N) is 1. The second-order valence-corrected chi connectivity index (χ2v) is 8.22. The molecule has 0 fully saturated rings. The van der Waals surface area contributed by atoms with Gasteiger partial charge in [0, 0.05) is 48.0 Å². The number of hydrogen-bond acceptors (Lipinski definition) is 7. The molecule has 0 bridgehead atoms. The van der Waals surface area contributed by atoms with E-state index in [0.717, 1.165) is 5.56 Å². The van der Waals surface area contributed by atoms with E-state index in [-0.39, 0.29) is 11.3 Å². The number of carbonyl (C=O) groups is 1. The smallest absolute Gasteiger partial charge is 0.422 e. The number of anilines is 2. The molecule has 0 radical (unpaired) electrons. The Kier molecular flexibility index (Phi) is 7.78. The van der Waals surface area contributed by atoms with Gasteiger partial charge in [0.25, 0.3) is 5.91 Å². The maximum absolute atomic E-state index is 12.9. The van der Waals surface area contributed by atoms with Gasteiger partial charge in [0.1, 0.15) is 23.7 Å². The number of ether oxygens (including phenoxy) is 1. The first-order chi connectivity index (χ1) is 16.5. The molecule has 1 aromatic carbocycles. The Labute approximate surface area is 201 Å². The Morgan fingerprint density at radius 1 is 1.11 bits per heavy atom. The fraction of sp³-hybridized carbons (Fsp3) is 0.333. The summed E-state index contributed by atoms with van der Waals surface area (Å²) >= 11 is 0. The van der Waals surface area contributed by atoms with Crippen LogP contribution in [-0.4, -0.2) is 47.2 Å². The molecule has 35 heavy (non-hydrogen) atoms. The van der Waals surface area contributed by atoms with Crippen molar-refractivity contribution in [2.75, 3.05) is 31.2 Å². The molecule has 0 aliphatic rings. The third kappa shape index (κ3) is 6.58. The van der Waals surface area contributed by atoms with Gasteiger partial charge in [-0.2, -0.15) is 13.2 Å². The van der Waals surface area contributed by atoms with Gasteiger partial charge >= 0.3 is 6.18 Å². The van der Waals surface area contributed by atoms with Crippen LogP contribution < -0.4 is 21.1 Å². The fourth-order valence-corrected chi connectivity index (χ4v) is 3.45. The molecule has 1 amide bonds. The van der Waals surface area contributed by atoms with Crippen LogP contribution in [0.2, 0.25) is 0 Å². The Bertz CT molecular complexity index is 1170. The average molecular weight is 489 g/mol. The van der Waals surface area contributed by atoms with Gasteiger partial charge in [-0.15, -0.1) is 0 Å². The number of carbonyl (C=O) groups excluding carboxylic acids is 1. The maximum atomic E-state index is 12.9. The third-order valence-electron chi connectivity index (χ3n) is 5.70. The third-order valence-corrected chi connectivity index (χ3v) is 5.70. The fourth-order valence-electron chi connectivity index (χ4n) is 3.45. The number of pyridine rings is 1. The predicted molar refractivity (Wildman–Crippen MR) is 127 cm³/mol. The van der Waals surface area contributed by atoms with E-state index >= 15 is 0 Å². The topological polar surface area (TPSA) is 115 Å². The molecule has 2 aromatic heterocycles. The second kappa shape index (κ2) is 10.6. The van der Waals surface area contributed by atoms with Crippen LogP contribution in [0.3, 0.4) is 0 Å². The minimum absolute atomic E-state index is 0.00546. The van der Waals surface area contributed by atoms with Gasteiger partial charge in [-0.25, -0.2) is 15.0 Å². The minimum atomic E-state index is -4.52. The zero-order chi connectivity index (χ0) is 25.6. The summed E-state index contributed by atoms with van der Waals surface area (Å²) in [6, 6.07) is 9.75. The molecule has 0 saturated carbocycles. The zero-order valence-corrected chi connectivity index (χ0v) is 19.6. The van der Waals surface area contributed by atoms with Gasteiger partial charge in [0.15, 0.2) is 6.61 Å². The Morgan fingerprint density at radius 2 is 1.89 bits per heavy atom. The van der Waals surface area contributed by atoms with Crippen LogP contribution >= 0.6 is 0 Å². The van der Waals surface area contributed by atoms with Crippen molar-refractivity contribution in [3.8, 4) is 17.0 Å². The molecule has 0 aliphatic heterocycles. The van der Waals surface area contributed by atoms with Crippen LogP contribution in [0.25, 0.3) is 11.3 Å². The molecule has 186 valence electrons. The molecule has 2 heterocycles. The van der Waals surface area contributed by atoms with Gasteiger partial charge in [-0.1, -0.05) is 19.9 Å². The molecule has 0 saturated heterocycles. The molecule has 11 heteroatoms. The van der Waals surface area contributed by atoms with E-state index in [4.69, 9.17) is 10.5 Å². The molecule has 0 aliphatic carbocycles. The Morgan fingerprint density at radius 3 is 2.51 bits per heavy atom. The second-order valence-electron chi connectivity index (χ2n) is 8.22. The van der Waals surface area contributed by atoms with Crippen LogP contribution in [0.5, 0.6) is 5.75 Å². The summed E-state index contributed by atoms with van der Waals surface area (Å²) in [5.74, 6) is 0.512. The molecule has 3 rings (SSSR count). The molecular formula is C24H27F3N6O2. The lowest BCUT2D eigenvalue weighted by Crippen LogP contribution is -2.32. The first-order valence-corrected chi connectivity index (χ1v) is 10.9. The number of aromatic nitrogens is 3. The maximum Gasteiger partial charge on any atom is 0.422 e. The molecule has 3 aromatic rings. The number of nitrogens with zero attached hydrogens (tertiary/aromatic N) is 3. The number of benzene rings is 1. The standard InChI is InChI=1S/C24H27F3N6O2/c1-4-23(2,12-31-21-10-18(32-14-33-21)16-6-8-20(28)30-11-16)17-7-5-15(22(34)29-3)9-19(17)35-13-24(25,26)27/h5-11,14H,4,12-13H2,1-3H3,(H2,28,30)(H,29,34)(H,31,32,33). The highest BCUT2D eigenvalue weighted by Crippen LogP contribution is 2.36. The molecule has 1 unspecified atom stereocenters. The van der Waals surface area contributed by atoms with Crippen molar-refractivity contribution in [2.45, 2.75) is 31.9 Å². The van der Waals surface area contributed by atoms with E-state index in [1.165, 1.54) is 19.4 Å². The van der Waals surface area contributed by atoms with E-state index in [0.29, 0.717) is 35.9 Å². The summed E-state index contributed by atoms with van der Waals surface area (Å²) in [5.41, 5.74) is 7.14. The number of nitrogen functional groups attached to an aromatic ring is 1. The summed E-state index contributed by atoms with van der Waals surface area (Å²) in [5, 5.41) is 5.72. The van der Waals surface area contributed by atoms with E-state index < -0.39 is 24.1 Å². The highest BCUT2D eigenvalue weighted by atomic mass is 19.4. The van der Waals surface area contributed by atoms with Gasteiger partial charge in [-0.3, -0.25) is 4.79 Å². The number of halogens is 3. The molecule has 1 atom stereocenters. The summed E-state index contributed by atoms with van der Waals surface area (Å²) in [6.07, 6.45) is -0.930. The summed E-state index contributed by atoms with van der Waals surface area (Å²) in [7, 11) is 1.45. The van der Waals surface area contributed by atoms with Crippen LogP contribution in [0, 0.1) is 0 Å². The van der Waals surface area contributed by atoms with Crippen molar-refractivity contribution in [1.82, 2.24) is 20.3 Å². The van der Waals surface area contributed by atoms with Crippen molar-refractivity contribution in [3.05, 3.63) is 60.0 Å². The van der Waals surface area contributed by atoms with Crippen molar-refractivity contribution < 1.29 is 22.7 Å². The minimum Gasteiger partial charge on any atom is -0.484 e. The molecule has 0 spiro atoms. The lowest BCUT2D eigenvalue weighted by atomic mass is 9.79. The van der Waals surface area contributed by atoms with Gasteiger partial charge < -0.3 is 21.1 Å². The van der Waals surface area contributed by atoms with E-state index in [1.807, 2.05) is 13.8 Å². The normalized spacial score (nSPS) is 13.1. The van der Waals surface area contributed by atoms with Gasteiger partial charge in [-0.05, 0) is 30.7 Å². The van der Waals surface area contributed by atoms with Crippen LogP contribution in [0.15, 0.2) is 48.9 Å². The van der Waals surface area contributed by atoms with Crippen molar-refractivity contribution in [3.63, 3.8) is 0 Å². The quantitative estimate of drug-likeness (QED) is 0.413. The van der Waals surface area contributed by atoms with Crippen molar-refractivity contribution in [2.24, 2.45) is 0 Å². The SMILES string of the molecule is CCC(C)(CNc1cc(-c2ccc(N)nc2)ncn1)c1ccc(C(=O)NC)cc1OCC(F)(F)F. The lowest BCUT2D eigenvalue weighted by Gasteiger charge is -2.31. The summed E-state index contributed by atoms with van der Waals surface area (Å²) in [4.78, 5) is 24.6. The molecule has 4 N–H and O–H groups in total. The van der Waals surface area contributed by atoms with Crippen molar-refractivity contribution in [1.29, 1.82) is 0 Å². The zero-order valence-electron chi connectivity index (χ0n) is 19.6. The highest BCUT2D eigenvalue weighted by molar-refractivity contribution is 5.94. The summed E-state index contributed by atoms with van der Waals surface area (Å²) in [6.45, 7) is 2.70. The lowest BCUT2D eigenvalue weighted by molar-refractivity contribution is -0.153. The number of rotatable bonds is 9.